The third-order valence-electron chi connectivity index (χ3n) is 4.19. The lowest BCUT2D eigenvalue weighted by molar-refractivity contribution is -0.137. The Kier molecular flexibility index (Phi) is 8.63. The van der Waals surface area contributed by atoms with Gasteiger partial charge in [-0.15, -0.1) is 0 Å². The van der Waals surface area contributed by atoms with Crippen LogP contribution in [0.1, 0.15) is 43.0 Å². The van der Waals surface area contributed by atoms with Crippen LogP contribution in [0.25, 0.3) is 6.08 Å². The predicted octanol–water partition coefficient (Wildman–Crippen LogP) is 5.65. The maximum Gasteiger partial charge on any atom is 0.330 e. The van der Waals surface area contributed by atoms with Gasteiger partial charge in [0.25, 0.3) is 0 Å². The molecule has 0 bridgehead atoms. The minimum absolute atomic E-state index is 0.309. The zero-order chi connectivity index (χ0) is 19.7. The van der Waals surface area contributed by atoms with E-state index in [0.717, 1.165) is 16.9 Å². The number of methoxy groups -OCH3 is 1. The molecule has 0 amide bonds. The zero-order valence-corrected chi connectivity index (χ0v) is 17.0. The Labute approximate surface area is 157 Å². The van der Waals surface area contributed by atoms with Crippen molar-refractivity contribution in [1.29, 1.82) is 0 Å². The van der Waals surface area contributed by atoms with Gasteiger partial charge in [-0.1, -0.05) is 36.0 Å². The van der Waals surface area contributed by atoms with Crippen molar-refractivity contribution in [2.24, 2.45) is 0 Å². The smallest absolute Gasteiger partial charge is 0.330 e. The normalized spacial score (nSPS) is 12.9. The Morgan fingerprint density at radius 3 is 2.38 bits per heavy atom. The van der Waals surface area contributed by atoms with Crippen LogP contribution in [0.4, 0.5) is 0 Å². The Morgan fingerprint density at radius 1 is 1.08 bits per heavy atom. The number of aryl methyl sites for hydroxylation is 1. The second kappa shape index (κ2) is 10.4. The molecule has 0 aromatic heterocycles. The van der Waals surface area contributed by atoms with Gasteiger partial charge >= 0.3 is 5.97 Å². The van der Waals surface area contributed by atoms with E-state index in [-0.39, 0.29) is 5.97 Å². The molecule has 0 aliphatic carbocycles. The van der Waals surface area contributed by atoms with Gasteiger partial charge in [0.05, 0.1) is 13.7 Å². The molecule has 0 aliphatic heterocycles. The van der Waals surface area contributed by atoms with Gasteiger partial charge in [0.15, 0.2) is 0 Å². The zero-order valence-electron chi connectivity index (χ0n) is 17.0. The molecule has 0 fully saturated rings. The molecule has 0 saturated heterocycles. The summed E-state index contributed by atoms with van der Waals surface area (Å²) in [5, 5.41) is 0. The molecule has 140 valence electrons. The molecule has 0 aliphatic rings. The highest BCUT2D eigenvalue weighted by Crippen LogP contribution is 2.28. The molecule has 26 heavy (non-hydrogen) atoms. The molecule has 0 atom stereocenters. The first-order chi connectivity index (χ1) is 12.3. The minimum Gasteiger partial charge on any atom is -0.496 e. The van der Waals surface area contributed by atoms with Crippen molar-refractivity contribution in [2.75, 3.05) is 13.7 Å². The van der Waals surface area contributed by atoms with E-state index in [1.54, 1.807) is 14.0 Å². The maximum absolute atomic E-state index is 11.4. The molecule has 1 rings (SSSR count). The number of allylic oxidation sites excluding steroid dienone is 6. The topological polar surface area (TPSA) is 35.5 Å². The molecular formula is C23H30O3. The molecule has 0 N–H and O–H groups in total. The number of ether oxygens (including phenoxy) is 2. The lowest BCUT2D eigenvalue weighted by Gasteiger charge is -2.13. The van der Waals surface area contributed by atoms with Crippen LogP contribution in [0.15, 0.2) is 47.6 Å². The largest absolute Gasteiger partial charge is 0.496 e. The Bertz CT molecular complexity index is 762. The van der Waals surface area contributed by atoms with Gasteiger partial charge in [-0.2, -0.15) is 0 Å². The molecule has 0 saturated carbocycles. The Hall–Kier alpha value is -2.55. The molecule has 0 radical (unpaired) electrons. The van der Waals surface area contributed by atoms with E-state index in [1.165, 1.54) is 28.3 Å². The quantitative estimate of drug-likeness (QED) is 0.361. The predicted molar refractivity (Wildman–Crippen MR) is 110 cm³/mol. The number of benzene rings is 1. The van der Waals surface area contributed by atoms with Gasteiger partial charge < -0.3 is 9.47 Å². The van der Waals surface area contributed by atoms with Gasteiger partial charge in [0.2, 0.25) is 0 Å². The third kappa shape index (κ3) is 6.40. The van der Waals surface area contributed by atoms with Crippen LogP contribution in [0.2, 0.25) is 0 Å². The van der Waals surface area contributed by atoms with Gasteiger partial charge in [0, 0.05) is 6.08 Å². The van der Waals surface area contributed by atoms with E-state index in [4.69, 9.17) is 9.47 Å². The molecule has 1 aromatic rings. The van der Waals surface area contributed by atoms with Crippen molar-refractivity contribution in [2.45, 2.75) is 41.5 Å². The lowest BCUT2D eigenvalue weighted by atomic mass is 9.96. The van der Waals surface area contributed by atoms with Gasteiger partial charge in [-0.3, -0.25) is 0 Å². The van der Waals surface area contributed by atoms with Crippen LogP contribution < -0.4 is 4.74 Å². The number of rotatable bonds is 7. The molecule has 0 spiro atoms. The highest BCUT2D eigenvalue weighted by atomic mass is 16.5. The van der Waals surface area contributed by atoms with Crippen LogP contribution in [0, 0.1) is 20.8 Å². The fraction of sp³-hybridized carbons (Fsp3) is 0.348. The molecular weight excluding hydrogens is 324 g/mol. The fourth-order valence-electron chi connectivity index (χ4n) is 2.57. The summed E-state index contributed by atoms with van der Waals surface area (Å²) in [7, 11) is 1.70. The fourth-order valence-corrected chi connectivity index (χ4v) is 2.57. The third-order valence-corrected chi connectivity index (χ3v) is 4.19. The number of hydrogen-bond donors (Lipinski definition) is 0. The summed E-state index contributed by atoms with van der Waals surface area (Å²) in [5.41, 5.74) is 6.79. The minimum atomic E-state index is -0.309. The Balaban J connectivity index is 2.89. The van der Waals surface area contributed by atoms with Crippen LogP contribution >= 0.6 is 0 Å². The van der Waals surface area contributed by atoms with Crippen LogP contribution in [-0.2, 0) is 9.53 Å². The van der Waals surface area contributed by atoms with E-state index >= 15 is 0 Å². The Morgan fingerprint density at radius 2 is 1.77 bits per heavy atom. The van der Waals surface area contributed by atoms with Crippen molar-refractivity contribution >= 4 is 12.0 Å². The van der Waals surface area contributed by atoms with Crippen molar-refractivity contribution in [1.82, 2.24) is 0 Å². The van der Waals surface area contributed by atoms with Gasteiger partial charge in [-0.05, 0) is 75.4 Å². The van der Waals surface area contributed by atoms with E-state index in [0.29, 0.717) is 6.61 Å². The average molecular weight is 354 g/mol. The van der Waals surface area contributed by atoms with Crippen LogP contribution in [0.5, 0.6) is 5.75 Å². The number of esters is 1. The van der Waals surface area contributed by atoms with E-state index in [9.17, 15) is 4.79 Å². The first-order valence-electron chi connectivity index (χ1n) is 8.83. The molecule has 0 heterocycles. The average Bonchev–Trinajstić information content (AvgIpc) is 2.58. The first-order valence-corrected chi connectivity index (χ1v) is 8.83. The summed E-state index contributed by atoms with van der Waals surface area (Å²) < 4.78 is 10.3. The van der Waals surface area contributed by atoms with Crippen LogP contribution in [-0.4, -0.2) is 19.7 Å². The summed E-state index contributed by atoms with van der Waals surface area (Å²) in [6.45, 7) is 12.4. The number of hydrogen-bond acceptors (Lipinski definition) is 3. The highest BCUT2D eigenvalue weighted by Gasteiger charge is 2.08. The van der Waals surface area contributed by atoms with Crippen molar-refractivity contribution < 1.29 is 14.3 Å². The summed E-state index contributed by atoms with van der Waals surface area (Å²) in [6.07, 6.45) is 11.6. The van der Waals surface area contributed by atoms with E-state index in [2.05, 4.69) is 39.0 Å². The highest BCUT2D eigenvalue weighted by molar-refractivity contribution is 5.83. The first kappa shape index (κ1) is 21.5. The second-order valence-electron chi connectivity index (χ2n) is 6.30. The SMILES string of the molecule is CCOC(=O)C=C(C)C=CC=C(C)C=Cc1c(C)cc(OC)c(C)c1C. The number of carbonyl (C=O) groups is 1. The van der Waals surface area contributed by atoms with E-state index in [1.807, 2.05) is 32.1 Å². The maximum atomic E-state index is 11.4. The molecule has 1 aromatic carbocycles. The summed E-state index contributed by atoms with van der Waals surface area (Å²) in [4.78, 5) is 11.4. The van der Waals surface area contributed by atoms with Crippen LogP contribution in [0.3, 0.4) is 0 Å². The number of carbonyl (C=O) groups excluding carboxylic acids is 1. The van der Waals surface area contributed by atoms with E-state index < -0.39 is 0 Å². The summed E-state index contributed by atoms with van der Waals surface area (Å²) in [5.74, 6) is 0.618. The molecule has 3 nitrogen and oxygen atoms in total. The van der Waals surface area contributed by atoms with Crippen molar-refractivity contribution in [3.8, 4) is 5.75 Å². The molecule has 3 heteroatoms. The van der Waals surface area contributed by atoms with Crippen molar-refractivity contribution in [3.05, 3.63) is 69.8 Å². The van der Waals surface area contributed by atoms with Gasteiger partial charge in [0.1, 0.15) is 5.75 Å². The summed E-state index contributed by atoms with van der Waals surface area (Å²) in [6, 6.07) is 2.07. The molecule has 0 unspecified atom stereocenters. The van der Waals surface area contributed by atoms with Gasteiger partial charge in [-0.25, -0.2) is 4.79 Å². The second-order valence-corrected chi connectivity index (χ2v) is 6.30. The van der Waals surface area contributed by atoms with Crippen molar-refractivity contribution in [3.63, 3.8) is 0 Å². The summed E-state index contributed by atoms with van der Waals surface area (Å²) >= 11 is 0. The lowest BCUT2D eigenvalue weighted by Crippen LogP contribution is -1.99. The monoisotopic (exact) mass is 354 g/mol. The standard InChI is InChI=1S/C23H30O3/c1-8-26-23(24)14-17(3)11-9-10-16(2)12-13-21-18(4)15-22(25-7)20(6)19(21)5/h9-15H,8H2,1-7H3.